The Bertz CT molecular complexity index is 2160. The van der Waals surface area contributed by atoms with Crippen LogP contribution in [0.15, 0.2) is 89.7 Å². The van der Waals surface area contributed by atoms with Gasteiger partial charge in [0.1, 0.15) is 26.1 Å². The second-order valence-electron chi connectivity index (χ2n) is 8.87. The van der Waals surface area contributed by atoms with E-state index in [9.17, 15) is 44.0 Å². The highest BCUT2D eigenvalue weighted by Gasteiger charge is 2.27. The number of aromatic hydroxyl groups is 1. The van der Waals surface area contributed by atoms with E-state index < -0.39 is 67.6 Å². The van der Waals surface area contributed by atoms with Gasteiger partial charge in [0.2, 0.25) is 0 Å². The Morgan fingerprint density at radius 2 is 1.14 bits per heavy atom. The van der Waals surface area contributed by atoms with E-state index in [1.54, 1.807) is 13.8 Å². The van der Waals surface area contributed by atoms with Crippen molar-refractivity contribution < 1.29 is 44.0 Å². The maximum absolute atomic E-state index is 12.2. The minimum atomic E-state index is -5.12. The van der Waals surface area contributed by atoms with Crippen LogP contribution in [0.2, 0.25) is 0 Å². The first kappa shape index (κ1) is 30.6. The second kappa shape index (κ2) is 10.8. The molecule has 0 saturated heterocycles. The molecule has 0 spiro atoms. The molecule has 4 aromatic carbocycles. The summed E-state index contributed by atoms with van der Waals surface area (Å²) in [4.78, 5) is -2.33. The molecule has 15 nitrogen and oxygen atoms in total. The van der Waals surface area contributed by atoms with Crippen molar-refractivity contribution in [3.63, 3.8) is 0 Å². The number of aryl methyl sites for hydroxylation is 2. The molecule has 42 heavy (non-hydrogen) atoms. The third-order valence-electron chi connectivity index (χ3n) is 5.93. The van der Waals surface area contributed by atoms with E-state index in [-0.39, 0.29) is 16.8 Å². The van der Waals surface area contributed by atoms with Crippen LogP contribution in [-0.2, 0) is 30.4 Å². The van der Waals surface area contributed by atoms with Gasteiger partial charge in [-0.3, -0.25) is 13.7 Å². The van der Waals surface area contributed by atoms with Gasteiger partial charge in [-0.05, 0) is 67.4 Å². The van der Waals surface area contributed by atoms with Crippen LogP contribution in [-0.4, -0.2) is 44.0 Å². The first-order valence-corrected chi connectivity index (χ1v) is 15.8. The van der Waals surface area contributed by atoms with Gasteiger partial charge in [-0.2, -0.15) is 35.5 Å². The highest BCUT2D eigenvalue weighted by atomic mass is 32.2. The number of fused-ring (bicyclic) bond motifs is 1. The molecular formula is C24H21N5O10S3. The maximum Gasteiger partial charge on any atom is 0.297 e. The third-order valence-corrected chi connectivity index (χ3v) is 8.67. The van der Waals surface area contributed by atoms with Crippen molar-refractivity contribution in [2.45, 2.75) is 28.5 Å². The lowest BCUT2D eigenvalue weighted by molar-refractivity contribution is 0.471. The summed E-state index contributed by atoms with van der Waals surface area (Å²) in [5.74, 6) is -0.869. The average Bonchev–Trinajstić information content (AvgIpc) is 2.86. The van der Waals surface area contributed by atoms with Crippen LogP contribution in [0.5, 0.6) is 5.75 Å². The Hall–Kier alpha value is -4.33. The van der Waals surface area contributed by atoms with Crippen LogP contribution in [0.4, 0.5) is 28.4 Å². The highest BCUT2D eigenvalue weighted by molar-refractivity contribution is 7.86. The van der Waals surface area contributed by atoms with Crippen molar-refractivity contribution in [2.75, 3.05) is 5.73 Å². The summed E-state index contributed by atoms with van der Waals surface area (Å²) < 4.78 is 100. The molecule has 0 saturated carbocycles. The topological polar surface area (TPSA) is 259 Å². The van der Waals surface area contributed by atoms with Gasteiger partial charge >= 0.3 is 0 Å². The van der Waals surface area contributed by atoms with E-state index in [0.717, 1.165) is 18.2 Å². The second-order valence-corrected chi connectivity index (χ2v) is 13.0. The van der Waals surface area contributed by atoms with Gasteiger partial charge in [-0.1, -0.05) is 12.1 Å². The van der Waals surface area contributed by atoms with Crippen molar-refractivity contribution in [1.82, 2.24) is 0 Å². The van der Waals surface area contributed by atoms with Crippen molar-refractivity contribution in [1.29, 1.82) is 0 Å². The van der Waals surface area contributed by atoms with Crippen molar-refractivity contribution in [3.05, 3.63) is 65.7 Å². The monoisotopic (exact) mass is 635 g/mol. The largest absolute Gasteiger partial charge is 0.505 e. The van der Waals surface area contributed by atoms with Crippen LogP contribution < -0.4 is 5.73 Å². The molecule has 6 N–H and O–H groups in total. The molecule has 0 aliphatic heterocycles. The molecule has 0 radical (unpaired) electrons. The lowest BCUT2D eigenvalue weighted by atomic mass is 10.1. The molecule has 0 aliphatic carbocycles. The lowest BCUT2D eigenvalue weighted by Gasteiger charge is -2.12. The van der Waals surface area contributed by atoms with Gasteiger partial charge in [0.15, 0.2) is 5.75 Å². The average molecular weight is 636 g/mol. The van der Waals surface area contributed by atoms with E-state index in [1.165, 1.54) is 30.3 Å². The molecule has 0 fully saturated rings. The van der Waals surface area contributed by atoms with Gasteiger partial charge in [0, 0.05) is 10.8 Å². The number of phenolic OH excluding ortho intramolecular Hbond substituents is 1. The summed E-state index contributed by atoms with van der Waals surface area (Å²) in [5.41, 5.74) is 5.73. The number of hydrogen-bond donors (Lipinski definition) is 5. The van der Waals surface area contributed by atoms with Gasteiger partial charge in [0.05, 0.1) is 17.1 Å². The standard InChI is InChI=1S/C24H21N5O10S3/c1-12-10-19(13(2)9-18(12)27-26-17-5-3-4-6-20(17)40(31,32)33)28-29-22-21(41(34,35)36)11-15-14(23(22)30)7-8-16(25)24(15)42(37,38)39/h3-11,30H,25H2,1-2H3,(H,31,32,33)(H,34,35,36)(H,37,38,39). The number of benzene rings is 4. The molecule has 4 rings (SSSR count). The zero-order chi connectivity index (χ0) is 31.2. The summed E-state index contributed by atoms with van der Waals surface area (Å²) in [6.45, 7) is 3.20. The molecule has 0 unspecified atom stereocenters. The quantitative estimate of drug-likeness (QED) is 0.0986. The summed E-state index contributed by atoms with van der Waals surface area (Å²) in [5, 5.41) is 25.9. The number of azo groups is 2. The summed E-state index contributed by atoms with van der Waals surface area (Å²) >= 11 is 0. The summed E-state index contributed by atoms with van der Waals surface area (Å²) in [7, 11) is -14.6. The molecule has 220 valence electrons. The van der Waals surface area contributed by atoms with Gasteiger partial charge in [-0.15, -0.1) is 10.2 Å². The number of hydrogen-bond acceptors (Lipinski definition) is 12. The molecule has 0 aromatic heterocycles. The van der Waals surface area contributed by atoms with E-state index in [2.05, 4.69) is 20.5 Å². The van der Waals surface area contributed by atoms with Crippen molar-refractivity contribution in [3.8, 4) is 5.75 Å². The van der Waals surface area contributed by atoms with E-state index >= 15 is 0 Å². The summed E-state index contributed by atoms with van der Waals surface area (Å²) in [6, 6.07) is 11.3. The molecule has 0 heterocycles. The minimum Gasteiger partial charge on any atom is -0.505 e. The Kier molecular flexibility index (Phi) is 7.89. The zero-order valence-electron chi connectivity index (χ0n) is 21.5. The predicted octanol–water partition coefficient (Wildman–Crippen LogP) is 5.32. The van der Waals surface area contributed by atoms with Crippen LogP contribution in [0.1, 0.15) is 11.1 Å². The number of anilines is 1. The molecule has 4 aromatic rings. The number of nitrogens with two attached hydrogens (primary N) is 1. The smallest absolute Gasteiger partial charge is 0.297 e. The normalized spacial score (nSPS) is 13.0. The van der Waals surface area contributed by atoms with Gasteiger partial charge in [0.25, 0.3) is 30.4 Å². The lowest BCUT2D eigenvalue weighted by Crippen LogP contribution is -2.06. The summed E-state index contributed by atoms with van der Waals surface area (Å²) in [6.07, 6.45) is 0. The van der Waals surface area contributed by atoms with Crippen molar-refractivity contribution >= 4 is 69.6 Å². The van der Waals surface area contributed by atoms with Crippen LogP contribution in [0.3, 0.4) is 0 Å². The predicted molar refractivity (Wildman–Crippen MR) is 150 cm³/mol. The zero-order valence-corrected chi connectivity index (χ0v) is 24.0. The van der Waals surface area contributed by atoms with E-state index in [1.807, 2.05) is 0 Å². The Morgan fingerprint density at radius 1 is 0.619 bits per heavy atom. The maximum atomic E-state index is 12.2. The fourth-order valence-corrected chi connectivity index (χ4v) is 6.05. The number of phenols is 1. The number of nitrogens with zero attached hydrogens (tertiary/aromatic N) is 4. The molecule has 0 amide bonds. The first-order valence-electron chi connectivity index (χ1n) is 11.4. The number of nitrogen functional groups attached to an aromatic ring is 1. The van der Waals surface area contributed by atoms with E-state index in [4.69, 9.17) is 5.73 Å². The highest BCUT2D eigenvalue weighted by Crippen LogP contribution is 2.44. The third kappa shape index (κ3) is 6.12. The van der Waals surface area contributed by atoms with Gasteiger partial charge < -0.3 is 10.8 Å². The molecule has 0 aliphatic rings. The number of rotatable bonds is 7. The fourth-order valence-electron chi connectivity index (χ4n) is 3.96. The first-order chi connectivity index (χ1) is 19.4. The van der Waals surface area contributed by atoms with Crippen LogP contribution in [0.25, 0.3) is 10.8 Å². The van der Waals surface area contributed by atoms with Crippen LogP contribution in [0, 0.1) is 13.8 Å². The minimum absolute atomic E-state index is 0.107. The van der Waals surface area contributed by atoms with Crippen molar-refractivity contribution in [2.24, 2.45) is 20.5 Å². The Balaban J connectivity index is 1.82. The fraction of sp³-hybridized carbons (Fsp3) is 0.0833. The SMILES string of the molecule is Cc1cc(N=Nc2c(S(=O)(=O)O)cc3c(S(=O)(=O)O)c(N)ccc3c2O)c(C)cc1N=Nc1ccccc1S(=O)(=O)O. The van der Waals surface area contributed by atoms with Crippen LogP contribution >= 0.6 is 0 Å². The molecular weight excluding hydrogens is 614 g/mol. The molecule has 18 heteroatoms. The molecule has 0 atom stereocenters. The Labute approximate surface area is 239 Å². The van der Waals surface area contributed by atoms with E-state index in [0.29, 0.717) is 22.9 Å². The molecule has 0 bridgehead atoms. The Morgan fingerprint density at radius 3 is 1.69 bits per heavy atom. The van der Waals surface area contributed by atoms with Gasteiger partial charge in [-0.25, -0.2) is 0 Å².